The Kier molecular flexibility index (Phi) is 23.3. The van der Waals surface area contributed by atoms with Crippen molar-refractivity contribution in [3.05, 3.63) is 72.4 Å². The van der Waals surface area contributed by atoms with Crippen LogP contribution in [0.2, 0.25) is 0 Å². The van der Waals surface area contributed by atoms with E-state index in [1.54, 1.807) is 6.07 Å². The predicted octanol–water partition coefficient (Wildman–Crippen LogP) is 5.84. The lowest BCUT2D eigenvalue weighted by Crippen LogP contribution is -2.25. The summed E-state index contributed by atoms with van der Waals surface area (Å²) in [5.74, 6) is -0.161. The molecule has 0 aliphatic rings. The van der Waals surface area contributed by atoms with E-state index in [-0.39, 0.29) is 24.0 Å². The van der Waals surface area contributed by atoms with Crippen LogP contribution in [0, 0.1) is 0 Å². The summed E-state index contributed by atoms with van der Waals surface area (Å²) in [5, 5.41) is 29.2. The van der Waals surface area contributed by atoms with Gasteiger partial charge in [0.05, 0.1) is 6.61 Å². The highest BCUT2D eigenvalue weighted by molar-refractivity contribution is 5.75. The van der Waals surface area contributed by atoms with E-state index in [1.165, 1.54) is 37.8 Å². The van der Waals surface area contributed by atoms with Gasteiger partial charge in [-0.2, -0.15) is 0 Å². The molecule has 0 aliphatic heterocycles. The summed E-state index contributed by atoms with van der Waals surface area (Å²) in [7, 11) is 0. The lowest BCUT2D eigenvalue weighted by atomic mass is 10.1. The molecule has 0 unspecified atom stereocenters. The average molecular weight is 501 g/mol. The maximum absolute atomic E-state index is 11.3. The highest BCUT2D eigenvalue weighted by atomic mass is 16.3. The van der Waals surface area contributed by atoms with Gasteiger partial charge >= 0.3 is 0 Å². The van der Waals surface area contributed by atoms with Crippen LogP contribution in [0.5, 0.6) is 11.5 Å². The second-order valence-electron chi connectivity index (χ2n) is 8.42. The van der Waals surface area contributed by atoms with Gasteiger partial charge in [0.1, 0.15) is 0 Å². The molecule has 36 heavy (non-hydrogen) atoms. The largest absolute Gasteiger partial charge is 0.504 e. The monoisotopic (exact) mass is 500 g/mol. The first-order chi connectivity index (χ1) is 17.5. The van der Waals surface area contributed by atoms with E-state index < -0.39 is 0 Å². The number of rotatable bonds is 18. The fourth-order valence-electron chi connectivity index (χ4n) is 3.12. The van der Waals surface area contributed by atoms with E-state index in [0.717, 1.165) is 37.7 Å². The summed E-state index contributed by atoms with van der Waals surface area (Å²) in [5.41, 5.74) is 6.24. The van der Waals surface area contributed by atoms with Crippen LogP contribution in [0.25, 0.3) is 0 Å². The number of nitrogens with one attached hydrogen (secondary N) is 1. The zero-order chi connectivity index (χ0) is 26.7. The van der Waals surface area contributed by atoms with Gasteiger partial charge < -0.3 is 26.4 Å². The summed E-state index contributed by atoms with van der Waals surface area (Å²) in [4.78, 5) is 11.3. The van der Waals surface area contributed by atoms with Gasteiger partial charge in [-0.3, -0.25) is 4.79 Å². The fourth-order valence-corrected chi connectivity index (χ4v) is 3.12. The number of nitrogens with two attached hydrogens (primary N) is 1. The fraction of sp³-hybridized carbons (Fsp3) is 0.500. The molecule has 6 nitrogen and oxygen atoms in total. The van der Waals surface area contributed by atoms with Crippen molar-refractivity contribution >= 4 is 5.91 Å². The molecule has 1 amide bonds. The Labute approximate surface area is 218 Å². The maximum Gasteiger partial charge on any atom is 0.220 e. The van der Waals surface area contributed by atoms with Gasteiger partial charge in [0.15, 0.2) is 11.5 Å². The number of unbranched alkanes of at least 4 members (excludes halogenated alkanes) is 4. The van der Waals surface area contributed by atoms with Gasteiger partial charge in [-0.15, -0.1) is 0 Å². The summed E-state index contributed by atoms with van der Waals surface area (Å²) < 4.78 is 0. The summed E-state index contributed by atoms with van der Waals surface area (Å²) in [6.07, 6.45) is 28.7. The van der Waals surface area contributed by atoms with E-state index in [2.05, 4.69) is 60.8 Å². The lowest BCUT2D eigenvalue weighted by Gasteiger charge is -2.00. The lowest BCUT2D eigenvalue weighted by molar-refractivity contribution is -0.121. The number of phenols is 2. The molecule has 0 spiro atoms. The third kappa shape index (κ3) is 21.7. The van der Waals surface area contributed by atoms with Crippen LogP contribution in [-0.4, -0.2) is 40.9 Å². The van der Waals surface area contributed by atoms with E-state index in [1.807, 2.05) is 0 Å². The van der Waals surface area contributed by atoms with E-state index in [0.29, 0.717) is 25.9 Å². The number of phenolic OH excluding ortho intramolecular Hbond substituents is 2. The first kappa shape index (κ1) is 33.2. The highest BCUT2D eigenvalue weighted by Crippen LogP contribution is 2.24. The molecule has 0 fully saturated rings. The smallest absolute Gasteiger partial charge is 0.220 e. The van der Waals surface area contributed by atoms with Crippen molar-refractivity contribution in [1.29, 1.82) is 0 Å². The second-order valence-corrected chi connectivity index (χ2v) is 8.42. The third-order valence-electron chi connectivity index (χ3n) is 5.14. The number of aromatic hydroxyl groups is 2. The molecule has 0 aliphatic carbocycles. The first-order valence-corrected chi connectivity index (χ1v) is 13.2. The van der Waals surface area contributed by atoms with Crippen molar-refractivity contribution in [3.63, 3.8) is 0 Å². The number of allylic oxidation sites excluding steroid dienone is 8. The molecular formula is C30H48N2O4. The quantitative estimate of drug-likeness (QED) is 0.0986. The van der Waals surface area contributed by atoms with E-state index in [4.69, 9.17) is 21.1 Å². The van der Waals surface area contributed by atoms with Crippen LogP contribution < -0.4 is 11.1 Å². The molecule has 0 aromatic heterocycles. The first-order valence-electron chi connectivity index (χ1n) is 13.2. The van der Waals surface area contributed by atoms with E-state index >= 15 is 0 Å². The summed E-state index contributed by atoms with van der Waals surface area (Å²) in [6.45, 7) is 3.13. The molecule has 6 N–H and O–H groups in total. The Balaban J connectivity index is 0.000000918. The SMILES string of the molecule is CCCCC/C=C\C/C=C\C/C=C\C/C=C\CCCC(=O)NCCO.NCCc1ccc(O)c(O)c1. The number of carbonyl (C=O) groups is 1. The molecule has 0 saturated carbocycles. The van der Waals surface area contributed by atoms with Gasteiger partial charge in [0.2, 0.25) is 5.91 Å². The van der Waals surface area contributed by atoms with E-state index in [9.17, 15) is 4.79 Å². The maximum atomic E-state index is 11.3. The van der Waals surface area contributed by atoms with Crippen molar-refractivity contribution in [3.8, 4) is 11.5 Å². The number of amides is 1. The van der Waals surface area contributed by atoms with Crippen molar-refractivity contribution in [2.24, 2.45) is 5.73 Å². The molecule has 0 saturated heterocycles. The molecule has 0 atom stereocenters. The Morgan fingerprint density at radius 2 is 1.44 bits per heavy atom. The number of hydrogen-bond acceptors (Lipinski definition) is 5. The van der Waals surface area contributed by atoms with Crippen LogP contribution in [0.1, 0.15) is 76.7 Å². The van der Waals surface area contributed by atoms with Crippen molar-refractivity contribution in [2.75, 3.05) is 19.7 Å². The Bertz CT molecular complexity index is 785. The van der Waals surface area contributed by atoms with Crippen molar-refractivity contribution in [2.45, 2.75) is 77.6 Å². The minimum Gasteiger partial charge on any atom is -0.504 e. The molecule has 1 aromatic carbocycles. The molecule has 1 aromatic rings. The molecule has 0 radical (unpaired) electrons. The Hall–Kier alpha value is -2.83. The Morgan fingerprint density at radius 1 is 0.861 bits per heavy atom. The molecule has 6 heteroatoms. The zero-order valence-electron chi connectivity index (χ0n) is 22.1. The number of hydrogen-bond donors (Lipinski definition) is 5. The highest BCUT2D eigenvalue weighted by Gasteiger charge is 1.99. The van der Waals surface area contributed by atoms with Crippen molar-refractivity contribution in [1.82, 2.24) is 5.32 Å². The predicted molar refractivity (Wildman–Crippen MR) is 151 cm³/mol. The minimum atomic E-state index is -0.0919. The third-order valence-corrected chi connectivity index (χ3v) is 5.14. The summed E-state index contributed by atoms with van der Waals surface area (Å²) in [6, 6.07) is 4.71. The number of carbonyl (C=O) groups excluding carboxylic acids is 1. The Morgan fingerprint density at radius 3 is 1.97 bits per heavy atom. The van der Waals surface area contributed by atoms with Crippen molar-refractivity contribution < 1.29 is 20.1 Å². The van der Waals surface area contributed by atoms with Crippen LogP contribution in [0.15, 0.2) is 66.8 Å². The van der Waals surface area contributed by atoms with Gasteiger partial charge in [0.25, 0.3) is 0 Å². The summed E-state index contributed by atoms with van der Waals surface area (Å²) >= 11 is 0. The number of benzene rings is 1. The van der Waals surface area contributed by atoms with Crippen LogP contribution in [0.4, 0.5) is 0 Å². The van der Waals surface area contributed by atoms with Crippen LogP contribution >= 0.6 is 0 Å². The topological polar surface area (TPSA) is 116 Å². The second kappa shape index (κ2) is 25.3. The molecule has 202 valence electrons. The normalized spacial score (nSPS) is 11.5. The van der Waals surface area contributed by atoms with Crippen LogP contribution in [-0.2, 0) is 11.2 Å². The van der Waals surface area contributed by atoms with Gasteiger partial charge in [-0.1, -0.05) is 74.4 Å². The number of aliphatic hydroxyl groups is 1. The minimum absolute atomic E-state index is 0.00289. The van der Waals surface area contributed by atoms with Gasteiger partial charge in [0, 0.05) is 13.0 Å². The molecular weight excluding hydrogens is 452 g/mol. The number of aliphatic hydroxyl groups excluding tert-OH is 1. The van der Waals surface area contributed by atoms with Gasteiger partial charge in [-0.05, 0) is 75.6 Å². The molecule has 1 rings (SSSR count). The van der Waals surface area contributed by atoms with Crippen LogP contribution in [0.3, 0.4) is 0 Å². The molecule has 0 heterocycles. The average Bonchev–Trinajstić information content (AvgIpc) is 2.87. The van der Waals surface area contributed by atoms with Gasteiger partial charge in [-0.25, -0.2) is 0 Å². The zero-order valence-corrected chi connectivity index (χ0v) is 22.1. The molecule has 0 bridgehead atoms. The standard InChI is InChI=1S/C22H37NO2.C8H11NO2/c1-2-3-4-5-6-7-8-9-10-11-12-13-14-15-16-17-18-19-22(25)23-20-21-24;9-4-3-6-1-2-7(10)8(11)5-6/h6-7,9-10,12-13,15-16,24H,2-5,8,11,14,17-21H2,1H3,(H,23,25);1-2,5,10-11H,3-4,9H2/b7-6-,10-9-,13-12-,16-15-;.